The van der Waals surface area contributed by atoms with Crippen LogP contribution in [-0.4, -0.2) is 42.0 Å². The molecule has 0 radical (unpaired) electrons. The first-order valence-corrected chi connectivity index (χ1v) is 9.91. The molecular weight excluding hydrogens is 316 g/mol. The standard InChI is InChI=1S/C16H24N2O2S2/c1-4-13(3)18(15-9-10-22(19,20)11-15)16(21)17-14-7-5-12(2)6-8-14/h5-8,13,15H,4,9-11H2,1-3H3,(H,17,21)/t13-,15-/m1/s1. The van der Waals surface area contributed by atoms with Gasteiger partial charge in [-0.1, -0.05) is 24.6 Å². The summed E-state index contributed by atoms with van der Waals surface area (Å²) in [4.78, 5) is 2.07. The molecule has 2 atom stereocenters. The van der Waals surface area contributed by atoms with Crippen molar-refractivity contribution in [1.82, 2.24) is 4.90 Å². The molecule has 1 saturated heterocycles. The molecule has 1 aliphatic heterocycles. The summed E-state index contributed by atoms with van der Waals surface area (Å²) in [6, 6.07) is 8.22. The summed E-state index contributed by atoms with van der Waals surface area (Å²) >= 11 is 5.56. The van der Waals surface area contributed by atoms with Gasteiger partial charge in [-0.15, -0.1) is 0 Å². The zero-order chi connectivity index (χ0) is 16.3. The van der Waals surface area contributed by atoms with Crippen LogP contribution in [0.1, 0.15) is 32.3 Å². The van der Waals surface area contributed by atoms with E-state index in [0.29, 0.717) is 11.5 Å². The van der Waals surface area contributed by atoms with Gasteiger partial charge in [0.05, 0.1) is 11.5 Å². The van der Waals surface area contributed by atoms with Gasteiger partial charge in [0.25, 0.3) is 0 Å². The zero-order valence-electron chi connectivity index (χ0n) is 13.4. The summed E-state index contributed by atoms with van der Waals surface area (Å²) in [5, 5.41) is 3.86. The lowest BCUT2D eigenvalue weighted by molar-refractivity contribution is 0.264. The average Bonchev–Trinajstić information content (AvgIpc) is 2.81. The van der Waals surface area contributed by atoms with Crippen molar-refractivity contribution < 1.29 is 8.42 Å². The van der Waals surface area contributed by atoms with E-state index in [2.05, 4.69) is 24.1 Å². The molecule has 1 heterocycles. The molecule has 0 unspecified atom stereocenters. The molecule has 1 aromatic rings. The van der Waals surface area contributed by atoms with Crippen molar-refractivity contribution in [2.45, 2.75) is 45.7 Å². The summed E-state index contributed by atoms with van der Waals surface area (Å²) in [6.07, 6.45) is 1.58. The molecule has 4 nitrogen and oxygen atoms in total. The molecule has 6 heteroatoms. The Morgan fingerprint density at radius 3 is 2.55 bits per heavy atom. The Hall–Kier alpha value is -1.14. The Kier molecular flexibility index (Phi) is 5.45. The van der Waals surface area contributed by atoms with Crippen LogP contribution in [0, 0.1) is 6.92 Å². The molecule has 1 aliphatic rings. The molecule has 0 aromatic heterocycles. The van der Waals surface area contributed by atoms with Crippen LogP contribution in [-0.2, 0) is 9.84 Å². The molecule has 22 heavy (non-hydrogen) atoms. The first kappa shape index (κ1) is 17.2. The Labute approximate surface area is 138 Å². The number of aryl methyl sites for hydroxylation is 1. The second-order valence-corrected chi connectivity index (χ2v) is 8.63. The minimum atomic E-state index is -2.92. The lowest BCUT2D eigenvalue weighted by atomic mass is 10.1. The normalized spacial score (nSPS) is 21.3. The lowest BCUT2D eigenvalue weighted by Gasteiger charge is -2.36. The largest absolute Gasteiger partial charge is 0.342 e. The fourth-order valence-electron chi connectivity index (χ4n) is 2.74. The van der Waals surface area contributed by atoms with E-state index in [4.69, 9.17) is 12.2 Å². The molecule has 0 amide bonds. The zero-order valence-corrected chi connectivity index (χ0v) is 15.0. The van der Waals surface area contributed by atoms with Crippen LogP contribution in [0.15, 0.2) is 24.3 Å². The van der Waals surface area contributed by atoms with E-state index in [9.17, 15) is 8.42 Å². The first-order chi connectivity index (χ1) is 10.3. The van der Waals surface area contributed by atoms with Gasteiger partial charge in [-0.2, -0.15) is 0 Å². The summed E-state index contributed by atoms with van der Waals surface area (Å²) < 4.78 is 23.6. The second-order valence-electron chi connectivity index (χ2n) is 6.02. The maximum Gasteiger partial charge on any atom is 0.173 e. The molecule has 1 fully saturated rings. The molecule has 122 valence electrons. The summed E-state index contributed by atoms with van der Waals surface area (Å²) in [5.74, 6) is 0.463. The third-order valence-electron chi connectivity index (χ3n) is 4.20. The molecular formula is C16H24N2O2S2. The van der Waals surface area contributed by atoms with Gasteiger partial charge in [-0.25, -0.2) is 8.42 Å². The van der Waals surface area contributed by atoms with E-state index in [-0.39, 0.29) is 23.6 Å². The van der Waals surface area contributed by atoms with Crippen LogP contribution >= 0.6 is 12.2 Å². The average molecular weight is 341 g/mol. The Morgan fingerprint density at radius 2 is 2.05 bits per heavy atom. The number of nitrogens with zero attached hydrogens (tertiary/aromatic N) is 1. The number of sulfone groups is 1. The van der Waals surface area contributed by atoms with Gasteiger partial charge in [-0.3, -0.25) is 0 Å². The fraction of sp³-hybridized carbons (Fsp3) is 0.562. The second kappa shape index (κ2) is 6.96. The number of thiocarbonyl (C=S) groups is 1. The molecule has 0 spiro atoms. The lowest BCUT2D eigenvalue weighted by Crippen LogP contribution is -2.48. The van der Waals surface area contributed by atoms with Crippen molar-refractivity contribution in [2.24, 2.45) is 0 Å². The Bertz CT molecular complexity index is 626. The first-order valence-electron chi connectivity index (χ1n) is 7.69. The summed E-state index contributed by atoms with van der Waals surface area (Å²) in [5.41, 5.74) is 2.13. The number of hydrogen-bond donors (Lipinski definition) is 1. The van der Waals surface area contributed by atoms with E-state index >= 15 is 0 Å². The predicted molar refractivity (Wildman–Crippen MR) is 96.1 cm³/mol. The Balaban J connectivity index is 2.15. The highest BCUT2D eigenvalue weighted by Gasteiger charge is 2.35. The maximum absolute atomic E-state index is 11.8. The van der Waals surface area contributed by atoms with Crippen molar-refractivity contribution in [3.63, 3.8) is 0 Å². The van der Waals surface area contributed by atoms with Crippen molar-refractivity contribution in [2.75, 3.05) is 16.8 Å². The van der Waals surface area contributed by atoms with Gasteiger partial charge in [0.1, 0.15) is 0 Å². The van der Waals surface area contributed by atoms with Crippen LogP contribution in [0.5, 0.6) is 0 Å². The fourth-order valence-corrected chi connectivity index (χ4v) is 4.90. The number of anilines is 1. The van der Waals surface area contributed by atoms with Crippen molar-refractivity contribution in [1.29, 1.82) is 0 Å². The van der Waals surface area contributed by atoms with Gasteiger partial charge in [-0.05, 0) is 51.0 Å². The van der Waals surface area contributed by atoms with E-state index < -0.39 is 9.84 Å². The van der Waals surface area contributed by atoms with Gasteiger partial charge >= 0.3 is 0 Å². The Morgan fingerprint density at radius 1 is 1.41 bits per heavy atom. The third kappa shape index (κ3) is 4.20. The highest BCUT2D eigenvalue weighted by atomic mass is 32.2. The number of benzene rings is 1. The summed E-state index contributed by atoms with van der Waals surface area (Å²) in [6.45, 7) is 6.22. The van der Waals surface area contributed by atoms with Crippen LogP contribution in [0.25, 0.3) is 0 Å². The summed E-state index contributed by atoms with van der Waals surface area (Å²) in [7, 11) is -2.92. The minimum absolute atomic E-state index is 0.0228. The quantitative estimate of drug-likeness (QED) is 0.854. The monoisotopic (exact) mass is 340 g/mol. The van der Waals surface area contributed by atoms with Gasteiger partial charge < -0.3 is 10.2 Å². The van der Waals surface area contributed by atoms with E-state index in [1.165, 1.54) is 5.56 Å². The van der Waals surface area contributed by atoms with E-state index in [1.54, 1.807) is 0 Å². The van der Waals surface area contributed by atoms with E-state index in [1.807, 2.05) is 31.2 Å². The number of rotatable bonds is 4. The third-order valence-corrected chi connectivity index (χ3v) is 6.27. The minimum Gasteiger partial charge on any atom is -0.342 e. The maximum atomic E-state index is 11.8. The van der Waals surface area contributed by atoms with Crippen molar-refractivity contribution in [3.05, 3.63) is 29.8 Å². The molecule has 1 aromatic carbocycles. The van der Waals surface area contributed by atoms with Crippen molar-refractivity contribution in [3.8, 4) is 0 Å². The molecule has 0 saturated carbocycles. The van der Waals surface area contributed by atoms with Crippen LogP contribution in [0.2, 0.25) is 0 Å². The van der Waals surface area contributed by atoms with Crippen LogP contribution in [0.4, 0.5) is 5.69 Å². The van der Waals surface area contributed by atoms with Gasteiger partial charge in [0.2, 0.25) is 0 Å². The highest BCUT2D eigenvalue weighted by Crippen LogP contribution is 2.22. The van der Waals surface area contributed by atoms with Gasteiger partial charge in [0, 0.05) is 17.8 Å². The SMILES string of the molecule is CC[C@@H](C)N(C(=S)Nc1ccc(C)cc1)[C@@H]1CCS(=O)(=O)C1. The molecule has 2 rings (SSSR count). The van der Waals surface area contributed by atoms with Gasteiger partial charge in [0.15, 0.2) is 14.9 Å². The molecule has 0 aliphatic carbocycles. The molecule has 1 N–H and O–H groups in total. The van der Waals surface area contributed by atoms with Crippen LogP contribution < -0.4 is 5.32 Å². The van der Waals surface area contributed by atoms with Crippen LogP contribution in [0.3, 0.4) is 0 Å². The topological polar surface area (TPSA) is 49.4 Å². The smallest absolute Gasteiger partial charge is 0.173 e. The highest BCUT2D eigenvalue weighted by molar-refractivity contribution is 7.91. The number of hydrogen-bond acceptors (Lipinski definition) is 3. The van der Waals surface area contributed by atoms with Crippen molar-refractivity contribution >= 4 is 32.9 Å². The number of nitrogens with one attached hydrogen (secondary N) is 1. The van der Waals surface area contributed by atoms with E-state index in [0.717, 1.165) is 12.1 Å². The predicted octanol–water partition coefficient (Wildman–Crippen LogP) is 2.98. The molecule has 0 bridgehead atoms.